The van der Waals surface area contributed by atoms with Gasteiger partial charge in [0.05, 0.1) is 0 Å². The zero-order chi connectivity index (χ0) is 6.08. The zero-order valence-corrected chi connectivity index (χ0v) is 8.35. The van der Waals surface area contributed by atoms with E-state index < -0.39 is 13.2 Å². The van der Waals surface area contributed by atoms with Crippen LogP contribution in [0.3, 0.4) is 0 Å². The SMILES string of the molecule is CS(=S)(=S)[S-](=S)=S. The maximum atomic E-state index is 4.81. The van der Waals surface area contributed by atoms with E-state index in [1.165, 1.54) is 0 Å². The van der Waals surface area contributed by atoms with Gasteiger partial charge in [0.1, 0.15) is 0 Å². The van der Waals surface area contributed by atoms with E-state index in [1.807, 2.05) is 0 Å². The lowest BCUT2D eigenvalue weighted by Crippen LogP contribution is -1.88. The Kier molecular flexibility index (Phi) is 3.59. The molecule has 44 valence electrons. The third-order valence-electron chi connectivity index (χ3n) is 0.247. The van der Waals surface area contributed by atoms with Crippen molar-refractivity contribution in [2.45, 2.75) is 0 Å². The summed E-state index contributed by atoms with van der Waals surface area (Å²) in [5.41, 5.74) is 0. The van der Waals surface area contributed by atoms with Crippen LogP contribution in [0.1, 0.15) is 0 Å². The van der Waals surface area contributed by atoms with E-state index >= 15 is 0 Å². The van der Waals surface area contributed by atoms with E-state index in [0.717, 1.165) is 0 Å². The highest BCUT2D eigenvalue weighted by atomic mass is 33.7. The average Bonchev–Trinajstić information content (AvgIpc) is 1.31. The summed E-state index contributed by atoms with van der Waals surface area (Å²) in [7, 11) is -0.553. The molecule has 6 heteroatoms. The van der Waals surface area contributed by atoms with Gasteiger partial charge in [-0.3, -0.25) is 7.05 Å². The summed E-state index contributed by atoms with van der Waals surface area (Å²) in [6, 6.07) is 0. The van der Waals surface area contributed by atoms with Gasteiger partial charge in [-0.25, -0.2) is 22.4 Å². The monoisotopic (exact) mass is 207 g/mol. The molecule has 0 aliphatic heterocycles. The van der Waals surface area contributed by atoms with Crippen LogP contribution in [0, 0.1) is 0 Å². The van der Waals surface area contributed by atoms with E-state index in [2.05, 4.69) is 22.4 Å². The Morgan fingerprint density at radius 2 is 1.43 bits per heavy atom. The van der Waals surface area contributed by atoms with Gasteiger partial charge < -0.3 is 0 Å². The lowest BCUT2D eigenvalue weighted by atomic mass is 12.0. The van der Waals surface area contributed by atoms with Crippen LogP contribution in [0.2, 0.25) is 0 Å². The molecule has 0 aliphatic rings. The summed E-state index contributed by atoms with van der Waals surface area (Å²) in [6.45, 7) is 0. The molecule has 0 radical (unpaired) electrons. The summed E-state index contributed by atoms with van der Waals surface area (Å²) < 4.78 is 0. The van der Waals surface area contributed by atoms with Crippen molar-refractivity contribution in [3.8, 4) is 0 Å². The van der Waals surface area contributed by atoms with Crippen molar-refractivity contribution >= 4 is 58.0 Å². The Bertz CT molecular complexity index is 192. The first-order valence-electron chi connectivity index (χ1n) is 1.24. The summed E-state index contributed by atoms with van der Waals surface area (Å²) in [5, 5.41) is 0. The first-order valence-corrected chi connectivity index (χ1v) is 8.72. The molecule has 0 bridgehead atoms. The molecule has 0 N–H and O–H groups in total. The first kappa shape index (κ1) is 8.58. The van der Waals surface area contributed by atoms with Gasteiger partial charge in [0.2, 0.25) is 0 Å². The summed E-state index contributed by atoms with van der Waals surface area (Å²) in [5.74, 6) is 0. The number of hydrogen-bond donors (Lipinski definition) is 0. The highest BCUT2D eigenvalue weighted by molar-refractivity contribution is 9.05. The van der Waals surface area contributed by atoms with Gasteiger partial charge in [0.15, 0.2) is 0 Å². The predicted molar refractivity (Wildman–Crippen MR) is 50.1 cm³/mol. The Morgan fingerprint density at radius 3 is 1.43 bits per heavy atom. The predicted octanol–water partition coefficient (Wildman–Crippen LogP) is 0.151. The second-order valence-electron chi connectivity index (χ2n) is 0.908. The van der Waals surface area contributed by atoms with Crippen LogP contribution in [0.15, 0.2) is 0 Å². The first-order chi connectivity index (χ1) is 2.94. The van der Waals surface area contributed by atoms with Crippen LogP contribution in [0.4, 0.5) is 0 Å². The Balaban J connectivity index is 4.82. The molecule has 0 rings (SSSR count). The Labute approximate surface area is 63.7 Å². The van der Waals surface area contributed by atoms with Crippen LogP contribution >= 0.6 is 0 Å². The van der Waals surface area contributed by atoms with Crippen molar-refractivity contribution in [3.63, 3.8) is 0 Å². The average molecular weight is 207 g/mol. The smallest absolute Gasteiger partial charge is 0.0267 e. The van der Waals surface area contributed by atoms with Gasteiger partial charge in [-0.2, -0.15) is 6.18 Å². The molecule has 7 heavy (non-hydrogen) atoms. The molecule has 0 aromatic rings. The lowest BCUT2D eigenvalue weighted by Gasteiger charge is -2.02. The second-order valence-corrected chi connectivity index (χ2v) is 15.5. The van der Waals surface area contributed by atoms with E-state index in [-0.39, 0.29) is 0 Å². The molecule has 0 saturated heterocycles. The molecule has 0 fully saturated rings. The molecule has 0 aromatic carbocycles. The van der Waals surface area contributed by atoms with Crippen molar-refractivity contribution in [1.29, 1.82) is 0 Å². The van der Waals surface area contributed by atoms with E-state index in [0.29, 0.717) is 0 Å². The minimum atomic E-state index is -1.42. The summed E-state index contributed by atoms with van der Waals surface area (Å²) in [6.07, 6.45) is 0.362. The van der Waals surface area contributed by atoms with Crippen LogP contribution < -0.4 is 0 Å². The highest BCUT2D eigenvalue weighted by Crippen LogP contribution is 1.82. The standard InChI is InChI=1S/CH3S6/c1-7(4,5)6(2)3/h1H3/q-1. The van der Waals surface area contributed by atoms with Gasteiger partial charge in [-0.05, 0) is 6.26 Å². The third kappa shape index (κ3) is 4.11. The van der Waals surface area contributed by atoms with Crippen molar-refractivity contribution in [1.82, 2.24) is 0 Å². The maximum absolute atomic E-state index is 4.81. The quantitative estimate of drug-likeness (QED) is 0.443. The minimum Gasteiger partial charge on any atom is -0.282 e. The molecule has 0 unspecified atom stereocenters. The highest BCUT2D eigenvalue weighted by Gasteiger charge is 1.69. The Hall–Kier alpha value is 1.58. The third-order valence-corrected chi connectivity index (χ3v) is 12.7. The number of hydrogen-bond acceptors (Lipinski definition) is 5. The summed E-state index contributed by atoms with van der Waals surface area (Å²) in [4.78, 5) is 0. The fourth-order valence-corrected chi connectivity index (χ4v) is 0. The fourth-order valence-electron chi connectivity index (χ4n) is 0. The van der Waals surface area contributed by atoms with Crippen molar-refractivity contribution in [3.05, 3.63) is 0 Å². The molecular weight excluding hydrogens is 204 g/mol. The Morgan fingerprint density at radius 1 is 1.29 bits per heavy atom. The molecule has 0 saturated carbocycles. The maximum Gasteiger partial charge on any atom is -0.0267 e. The van der Waals surface area contributed by atoms with Gasteiger partial charge in [0.25, 0.3) is 0 Å². The van der Waals surface area contributed by atoms with Crippen LogP contribution in [-0.2, 0) is 58.0 Å². The minimum absolute atomic E-state index is 0.553. The van der Waals surface area contributed by atoms with Crippen molar-refractivity contribution in [2.24, 2.45) is 0 Å². The van der Waals surface area contributed by atoms with Gasteiger partial charge >= 0.3 is 0 Å². The lowest BCUT2D eigenvalue weighted by molar-refractivity contribution is 2.53. The van der Waals surface area contributed by atoms with E-state index in [9.17, 15) is 0 Å². The fraction of sp³-hybridized carbons (Fsp3) is 1.00. The van der Waals surface area contributed by atoms with Gasteiger partial charge in [-0.1, -0.05) is 22.4 Å². The molecule has 0 spiro atoms. The molecule has 0 amide bonds. The molecule has 0 aromatic heterocycles. The van der Waals surface area contributed by atoms with Gasteiger partial charge in [0, 0.05) is 0 Å². The largest absolute Gasteiger partial charge is 0.282 e. The topological polar surface area (TPSA) is 0 Å². The molecular formula is CH3S6-. The van der Waals surface area contributed by atoms with Crippen LogP contribution in [0.25, 0.3) is 0 Å². The van der Waals surface area contributed by atoms with Crippen LogP contribution in [0.5, 0.6) is 0 Å². The molecule has 0 aliphatic carbocycles. The van der Waals surface area contributed by atoms with E-state index in [4.69, 9.17) is 22.4 Å². The summed E-state index contributed by atoms with van der Waals surface area (Å²) >= 11 is 19.0. The van der Waals surface area contributed by atoms with Crippen LogP contribution in [-0.4, -0.2) is 6.26 Å². The van der Waals surface area contributed by atoms with E-state index in [1.54, 1.807) is 6.26 Å². The van der Waals surface area contributed by atoms with Crippen molar-refractivity contribution in [2.75, 3.05) is 6.26 Å². The zero-order valence-electron chi connectivity index (χ0n) is 3.45. The molecule has 0 heterocycles. The van der Waals surface area contributed by atoms with Crippen molar-refractivity contribution < 1.29 is 0 Å². The second kappa shape index (κ2) is 2.93. The number of rotatable bonds is 1. The molecule has 0 nitrogen and oxygen atoms in total. The molecule has 0 atom stereocenters. The normalized spacial score (nSPS) is 12.3. The van der Waals surface area contributed by atoms with Gasteiger partial charge in [-0.15, -0.1) is 0 Å².